The molecule has 0 N–H and O–H groups in total. The third kappa shape index (κ3) is 3.82. The van der Waals surface area contributed by atoms with Crippen LogP contribution in [0, 0.1) is 0 Å². The van der Waals surface area contributed by atoms with E-state index in [0.29, 0.717) is 17.8 Å². The van der Waals surface area contributed by atoms with E-state index in [4.69, 9.17) is 23.2 Å². The molecule has 1 aromatic heterocycles. The number of alkyl halides is 2. The summed E-state index contributed by atoms with van der Waals surface area (Å²) in [6, 6.07) is 10.6. The van der Waals surface area contributed by atoms with Crippen LogP contribution in [0.5, 0.6) is 0 Å². The molecule has 0 bridgehead atoms. The van der Waals surface area contributed by atoms with E-state index >= 15 is 0 Å². The number of halogens is 3. The second kappa shape index (κ2) is 7.17. The van der Waals surface area contributed by atoms with Crippen molar-refractivity contribution >= 4 is 39.1 Å². The maximum absolute atomic E-state index is 6.30. The number of nitrogens with zero attached hydrogens (tertiary/aromatic N) is 2. The van der Waals surface area contributed by atoms with Gasteiger partial charge in [0.1, 0.15) is 0 Å². The maximum atomic E-state index is 6.30. The monoisotopic (exact) mass is 388 g/mol. The molecule has 21 heavy (non-hydrogen) atoms. The van der Waals surface area contributed by atoms with Crippen LogP contribution in [-0.2, 0) is 11.8 Å². The Kier molecular flexibility index (Phi) is 5.75. The molecule has 0 saturated carbocycles. The fraction of sp³-hybridized carbons (Fsp3) is 0.438. The summed E-state index contributed by atoms with van der Waals surface area (Å²) in [5, 5.41) is 4.63. The molecule has 2 aromatic rings. The van der Waals surface area contributed by atoms with Crippen molar-refractivity contribution in [1.82, 2.24) is 9.78 Å². The summed E-state index contributed by atoms with van der Waals surface area (Å²) in [5.41, 5.74) is 1.86. The highest BCUT2D eigenvalue weighted by atomic mass is 79.9. The van der Waals surface area contributed by atoms with Gasteiger partial charge in [0.15, 0.2) is 0 Å². The largest absolute Gasteiger partial charge is 0.270 e. The van der Waals surface area contributed by atoms with E-state index in [0.717, 1.165) is 22.2 Å². The second-order valence-corrected chi connectivity index (χ2v) is 7.07. The lowest BCUT2D eigenvalue weighted by atomic mass is 9.80. The van der Waals surface area contributed by atoms with Gasteiger partial charge in [0.05, 0.1) is 5.69 Å². The Morgan fingerprint density at radius 3 is 2.48 bits per heavy atom. The van der Waals surface area contributed by atoms with Crippen LogP contribution in [0.1, 0.15) is 31.1 Å². The maximum Gasteiger partial charge on any atom is 0.0634 e. The average molecular weight is 390 g/mol. The van der Waals surface area contributed by atoms with Gasteiger partial charge in [-0.3, -0.25) is 4.68 Å². The fourth-order valence-corrected chi connectivity index (χ4v) is 3.49. The Hall–Kier alpha value is -0.510. The third-order valence-corrected chi connectivity index (χ3v) is 5.18. The zero-order valence-electron chi connectivity index (χ0n) is 12.2. The van der Waals surface area contributed by atoms with Gasteiger partial charge >= 0.3 is 0 Å². The van der Waals surface area contributed by atoms with E-state index in [-0.39, 0.29) is 5.41 Å². The van der Waals surface area contributed by atoms with Gasteiger partial charge in [-0.2, -0.15) is 5.10 Å². The Morgan fingerprint density at radius 2 is 1.95 bits per heavy atom. The van der Waals surface area contributed by atoms with Crippen molar-refractivity contribution < 1.29 is 0 Å². The van der Waals surface area contributed by atoms with E-state index in [1.807, 2.05) is 29.1 Å². The van der Waals surface area contributed by atoms with Gasteiger partial charge in [0.25, 0.3) is 0 Å². The zero-order valence-corrected chi connectivity index (χ0v) is 15.3. The topological polar surface area (TPSA) is 17.8 Å². The van der Waals surface area contributed by atoms with Crippen LogP contribution in [0.4, 0.5) is 0 Å². The van der Waals surface area contributed by atoms with E-state index in [2.05, 4.69) is 47.0 Å². The summed E-state index contributed by atoms with van der Waals surface area (Å²) in [4.78, 5) is 0. The molecule has 0 aliphatic heterocycles. The van der Waals surface area contributed by atoms with Gasteiger partial charge in [-0.05, 0) is 37.6 Å². The normalized spacial score (nSPS) is 12.1. The number of hydrogen-bond acceptors (Lipinski definition) is 1. The molecule has 0 fully saturated rings. The van der Waals surface area contributed by atoms with Gasteiger partial charge in [0.2, 0.25) is 0 Å². The molecule has 2 rings (SSSR count). The number of benzene rings is 1. The van der Waals surface area contributed by atoms with Crippen molar-refractivity contribution in [3.05, 3.63) is 52.3 Å². The first-order chi connectivity index (χ1) is 10.0. The van der Waals surface area contributed by atoms with Crippen molar-refractivity contribution in [3.8, 4) is 0 Å². The molecule has 0 radical (unpaired) electrons. The van der Waals surface area contributed by atoms with Crippen LogP contribution in [0.2, 0.25) is 0 Å². The van der Waals surface area contributed by atoms with Crippen molar-refractivity contribution in [2.45, 2.75) is 31.7 Å². The minimum absolute atomic E-state index is 0.303. The molecule has 0 amide bonds. The molecule has 5 heteroatoms. The van der Waals surface area contributed by atoms with E-state index in [9.17, 15) is 0 Å². The van der Waals surface area contributed by atoms with Crippen LogP contribution in [0.3, 0.4) is 0 Å². The highest BCUT2D eigenvalue weighted by Gasteiger charge is 2.32. The minimum Gasteiger partial charge on any atom is -0.270 e. The van der Waals surface area contributed by atoms with Crippen molar-refractivity contribution in [3.63, 3.8) is 0 Å². The summed E-state index contributed by atoms with van der Waals surface area (Å²) in [7, 11) is 0. The Bertz CT molecular complexity index is 591. The molecule has 0 aliphatic rings. The molecule has 2 nitrogen and oxygen atoms in total. The molecule has 0 unspecified atom stereocenters. The summed E-state index contributed by atoms with van der Waals surface area (Å²) in [6.07, 6.45) is 2.74. The lowest BCUT2D eigenvalue weighted by molar-refractivity contribution is 0.496. The van der Waals surface area contributed by atoms with Crippen molar-refractivity contribution in [2.75, 3.05) is 11.8 Å². The second-order valence-electron chi connectivity index (χ2n) is 5.62. The van der Waals surface area contributed by atoms with E-state index in [1.54, 1.807) is 0 Å². The predicted molar refractivity (Wildman–Crippen MR) is 93.6 cm³/mol. The molecule has 0 aliphatic carbocycles. The smallest absolute Gasteiger partial charge is 0.0634 e. The van der Waals surface area contributed by atoms with Gasteiger partial charge < -0.3 is 0 Å². The lowest BCUT2D eigenvalue weighted by Crippen LogP contribution is -2.33. The van der Waals surface area contributed by atoms with E-state index < -0.39 is 0 Å². The SMILES string of the molecule is CC(C)n1ccc(CC(CCl)(CCl)c2cccc(Br)c2)n1. The highest BCUT2D eigenvalue weighted by molar-refractivity contribution is 9.10. The Morgan fingerprint density at radius 1 is 1.24 bits per heavy atom. The molecule has 0 saturated heterocycles. The molecule has 114 valence electrons. The van der Waals surface area contributed by atoms with Crippen LogP contribution >= 0.6 is 39.1 Å². The first-order valence-corrected chi connectivity index (χ1v) is 8.79. The Balaban J connectivity index is 2.33. The molecule has 1 heterocycles. The first kappa shape index (κ1) is 16.9. The quantitative estimate of drug-likeness (QED) is 0.622. The Labute approximate surface area is 144 Å². The fourth-order valence-electron chi connectivity index (χ4n) is 2.31. The zero-order chi connectivity index (χ0) is 15.5. The van der Waals surface area contributed by atoms with Crippen LogP contribution in [0.15, 0.2) is 41.0 Å². The predicted octanol–water partition coefficient (Wildman–Crippen LogP) is 5.18. The standard InChI is InChI=1S/C16H19BrCl2N2/c1-12(2)21-7-6-15(20-21)9-16(10-18,11-19)13-4-3-5-14(17)8-13/h3-8,12H,9-11H2,1-2H3. The summed E-state index contributed by atoms with van der Waals surface area (Å²) >= 11 is 16.1. The van der Waals surface area contributed by atoms with Gasteiger partial charge in [-0.25, -0.2) is 0 Å². The van der Waals surface area contributed by atoms with Crippen molar-refractivity contribution in [2.24, 2.45) is 0 Å². The van der Waals surface area contributed by atoms with Crippen LogP contribution in [-0.4, -0.2) is 21.5 Å². The molecule has 0 spiro atoms. The van der Waals surface area contributed by atoms with E-state index in [1.165, 1.54) is 0 Å². The number of rotatable bonds is 6. The number of aromatic nitrogens is 2. The summed E-state index contributed by atoms with van der Waals surface area (Å²) in [6.45, 7) is 4.23. The van der Waals surface area contributed by atoms with Gasteiger partial charge in [-0.15, -0.1) is 23.2 Å². The third-order valence-electron chi connectivity index (χ3n) is 3.66. The summed E-state index contributed by atoms with van der Waals surface area (Å²) < 4.78 is 3.00. The number of hydrogen-bond donors (Lipinski definition) is 0. The van der Waals surface area contributed by atoms with Crippen LogP contribution in [0.25, 0.3) is 0 Å². The van der Waals surface area contributed by atoms with Gasteiger partial charge in [0, 0.05) is 40.3 Å². The van der Waals surface area contributed by atoms with Gasteiger partial charge in [-0.1, -0.05) is 28.1 Å². The molecule has 0 atom stereocenters. The minimum atomic E-state index is -0.303. The highest BCUT2D eigenvalue weighted by Crippen LogP contribution is 2.32. The van der Waals surface area contributed by atoms with Crippen LogP contribution < -0.4 is 0 Å². The lowest BCUT2D eigenvalue weighted by Gasteiger charge is -2.29. The summed E-state index contributed by atoms with van der Waals surface area (Å²) in [5.74, 6) is 0.920. The molecule has 1 aromatic carbocycles. The van der Waals surface area contributed by atoms with Crippen molar-refractivity contribution in [1.29, 1.82) is 0 Å². The molecular formula is C16H19BrCl2N2. The molecular weight excluding hydrogens is 371 g/mol. The first-order valence-electron chi connectivity index (χ1n) is 6.93. The average Bonchev–Trinajstić information content (AvgIpc) is 2.93.